The summed E-state index contributed by atoms with van der Waals surface area (Å²) in [6.07, 6.45) is 3.04. The molecule has 2 atom stereocenters. The Hall–Kier alpha value is -4.13. The van der Waals surface area contributed by atoms with Crippen molar-refractivity contribution in [2.75, 3.05) is 6.61 Å². The van der Waals surface area contributed by atoms with Crippen molar-refractivity contribution in [1.29, 1.82) is 0 Å². The highest BCUT2D eigenvalue weighted by molar-refractivity contribution is 5.79. The highest BCUT2D eigenvalue weighted by atomic mass is 19.1. The van der Waals surface area contributed by atoms with E-state index in [9.17, 15) is 4.79 Å². The van der Waals surface area contributed by atoms with Crippen LogP contribution >= 0.6 is 0 Å². The zero-order chi connectivity index (χ0) is 27.4. The van der Waals surface area contributed by atoms with Crippen molar-refractivity contribution in [2.45, 2.75) is 52.1 Å². The fourth-order valence-corrected chi connectivity index (χ4v) is 6.13. The molecule has 0 spiro atoms. The molecule has 1 aliphatic heterocycles. The van der Waals surface area contributed by atoms with E-state index in [4.69, 9.17) is 14.6 Å². The number of aromatic nitrogens is 2. The number of benzene rings is 3. The molecular formula is C32H31FN2O4. The predicted octanol–water partition coefficient (Wildman–Crippen LogP) is 6.84. The molecule has 0 saturated heterocycles. The van der Waals surface area contributed by atoms with E-state index in [-0.39, 0.29) is 18.2 Å². The number of hydrogen-bond donors (Lipinski definition) is 1. The Morgan fingerprint density at radius 3 is 2.62 bits per heavy atom. The van der Waals surface area contributed by atoms with Crippen LogP contribution in [0.1, 0.15) is 58.5 Å². The molecule has 2 heterocycles. The molecule has 2 aliphatic rings. The first-order chi connectivity index (χ1) is 18.7. The van der Waals surface area contributed by atoms with Gasteiger partial charge in [0.25, 0.3) is 0 Å². The molecule has 3 aromatic carbocycles. The number of rotatable bonds is 6. The Labute approximate surface area is 227 Å². The largest absolute Gasteiger partial charge is 0.492 e. The summed E-state index contributed by atoms with van der Waals surface area (Å²) in [4.78, 5) is 15.8. The van der Waals surface area contributed by atoms with Gasteiger partial charge in [-0.3, -0.25) is 4.79 Å². The van der Waals surface area contributed by atoms with Crippen LogP contribution < -0.4 is 9.47 Å². The second-order valence-corrected chi connectivity index (χ2v) is 10.7. The molecule has 4 aromatic rings. The molecule has 0 saturated carbocycles. The number of halogens is 1. The molecule has 39 heavy (non-hydrogen) atoms. The summed E-state index contributed by atoms with van der Waals surface area (Å²) in [5.41, 5.74) is 8.91. The van der Waals surface area contributed by atoms with Crippen LogP contribution in [0, 0.1) is 26.6 Å². The molecule has 0 fully saturated rings. The third-order valence-corrected chi connectivity index (χ3v) is 8.05. The van der Waals surface area contributed by atoms with E-state index in [2.05, 4.69) is 31.0 Å². The minimum Gasteiger partial charge on any atom is -0.492 e. The lowest BCUT2D eigenvalue weighted by atomic mass is 9.88. The van der Waals surface area contributed by atoms with Gasteiger partial charge in [0, 0.05) is 41.9 Å². The molecule has 1 aliphatic carbocycles. The molecule has 0 unspecified atom stereocenters. The number of ether oxygens (including phenoxy) is 2. The summed E-state index contributed by atoms with van der Waals surface area (Å²) < 4.78 is 29.4. The van der Waals surface area contributed by atoms with Crippen LogP contribution in [0.2, 0.25) is 0 Å². The SMILES string of the molecule is Cc1cc(-c2cn(C)c(C)n2)cc(C)c1-c1ccc(F)c2c1CC[C@H]2Oc1ccc2c(c1)OC[C@H]2CC(=O)O. The van der Waals surface area contributed by atoms with Crippen molar-refractivity contribution < 1.29 is 23.8 Å². The maximum Gasteiger partial charge on any atom is 0.304 e. The fraction of sp³-hybridized carbons (Fsp3) is 0.312. The lowest BCUT2D eigenvalue weighted by Gasteiger charge is -2.19. The molecule has 7 heteroatoms. The van der Waals surface area contributed by atoms with Crippen LogP contribution in [0.3, 0.4) is 0 Å². The van der Waals surface area contributed by atoms with Crippen LogP contribution in [0.15, 0.2) is 48.7 Å². The van der Waals surface area contributed by atoms with Crippen LogP contribution in [-0.4, -0.2) is 27.2 Å². The molecule has 1 aromatic heterocycles. The number of carboxylic acids is 1. The van der Waals surface area contributed by atoms with E-state index in [0.717, 1.165) is 56.9 Å². The quantitative estimate of drug-likeness (QED) is 0.298. The van der Waals surface area contributed by atoms with Gasteiger partial charge in [-0.05, 0) is 85.7 Å². The fourth-order valence-electron chi connectivity index (χ4n) is 6.13. The Kier molecular flexibility index (Phi) is 6.17. The number of nitrogens with zero attached hydrogens (tertiary/aromatic N) is 2. The van der Waals surface area contributed by atoms with Crippen molar-refractivity contribution >= 4 is 5.97 Å². The number of hydrogen-bond acceptors (Lipinski definition) is 4. The summed E-state index contributed by atoms with van der Waals surface area (Å²) in [5, 5.41) is 9.16. The predicted molar refractivity (Wildman–Crippen MR) is 147 cm³/mol. The van der Waals surface area contributed by atoms with Gasteiger partial charge in [-0.2, -0.15) is 0 Å². The number of carboxylic acid groups (broad SMARTS) is 1. The number of carbonyl (C=O) groups is 1. The topological polar surface area (TPSA) is 73.6 Å². The number of aryl methyl sites for hydroxylation is 4. The van der Waals surface area contributed by atoms with Gasteiger partial charge in [0.05, 0.1) is 18.7 Å². The summed E-state index contributed by atoms with van der Waals surface area (Å²) >= 11 is 0. The first-order valence-electron chi connectivity index (χ1n) is 13.3. The number of aliphatic carboxylic acids is 1. The van der Waals surface area contributed by atoms with Gasteiger partial charge in [-0.15, -0.1) is 0 Å². The third kappa shape index (κ3) is 4.46. The molecule has 1 N–H and O–H groups in total. The summed E-state index contributed by atoms with van der Waals surface area (Å²) in [6, 6.07) is 13.2. The van der Waals surface area contributed by atoms with E-state index in [1.165, 1.54) is 0 Å². The van der Waals surface area contributed by atoms with Gasteiger partial charge < -0.3 is 19.1 Å². The zero-order valence-corrected chi connectivity index (χ0v) is 22.5. The van der Waals surface area contributed by atoms with E-state index >= 15 is 4.39 Å². The maximum absolute atomic E-state index is 15.3. The van der Waals surface area contributed by atoms with E-state index in [1.807, 2.05) is 42.9 Å². The molecule has 6 rings (SSSR count). The van der Waals surface area contributed by atoms with Crippen molar-refractivity contribution in [3.63, 3.8) is 0 Å². The zero-order valence-electron chi connectivity index (χ0n) is 22.5. The third-order valence-electron chi connectivity index (χ3n) is 8.05. The second kappa shape index (κ2) is 9.56. The summed E-state index contributed by atoms with van der Waals surface area (Å²) in [6.45, 7) is 6.53. The summed E-state index contributed by atoms with van der Waals surface area (Å²) in [5.74, 6) is 0.916. The minimum atomic E-state index is -0.849. The maximum atomic E-state index is 15.3. The minimum absolute atomic E-state index is 0.0263. The first kappa shape index (κ1) is 25.2. The van der Waals surface area contributed by atoms with E-state index < -0.39 is 12.1 Å². The highest BCUT2D eigenvalue weighted by Crippen LogP contribution is 2.45. The van der Waals surface area contributed by atoms with E-state index in [0.29, 0.717) is 30.1 Å². The van der Waals surface area contributed by atoms with Crippen LogP contribution in [0.25, 0.3) is 22.4 Å². The molecular weight excluding hydrogens is 495 g/mol. The van der Waals surface area contributed by atoms with Gasteiger partial charge in [-0.25, -0.2) is 9.37 Å². The van der Waals surface area contributed by atoms with E-state index in [1.54, 1.807) is 12.1 Å². The van der Waals surface area contributed by atoms with Gasteiger partial charge >= 0.3 is 5.97 Å². The van der Waals surface area contributed by atoms with Crippen molar-refractivity contribution in [2.24, 2.45) is 7.05 Å². The monoisotopic (exact) mass is 526 g/mol. The normalized spacial score (nSPS) is 17.6. The molecule has 0 bridgehead atoms. The van der Waals surface area contributed by atoms with Crippen LogP contribution in [0.4, 0.5) is 4.39 Å². The lowest BCUT2D eigenvalue weighted by Crippen LogP contribution is -2.07. The molecule has 200 valence electrons. The average molecular weight is 527 g/mol. The Morgan fingerprint density at radius 1 is 1.15 bits per heavy atom. The first-order valence-corrected chi connectivity index (χ1v) is 13.3. The van der Waals surface area contributed by atoms with Crippen molar-refractivity contribution in [3.8, 4) is 33.9 Å². The van der Waals surface area contributed by atoms with Crippen LogP contribution in [-0.2, 0) is 18.3 Å². The van der Waals surface area contributed by atoms with Gasteiger partial charge in [-0.1, -0.05) is 12.1 Å². The second-order valence-electron chi connectivity index (χ2n) is 10.7. The number of imidazole rings is 1. The summed E-state index contributed by atoms with van der Waals surface area (Å²) in [7, 11) is 1.99. The van der Waals surface area contributed by atoms with Crippen molar-refractivity contribution in [3.05, 3.63) is 88.1 Å². The Bertz CT molecular complexity index is 1580. The smallest absolute Gasteiger partial charge is 0.304 e. The Morgan fingerprint density at radius 2 is 1.92 bits per heavy atom. The molecule has 6 nitrogen and oxygen atoms in total. The molecule has 0 radical (unpaired) electrons. The van der Waals surface area contributed by atoms with Crippen LogP contribution in [0.5, 0.6) is 11.5 Å². The van der Waals surface area contributed by atoms with Crippen molar-refractivity contribution in [1.82, 2.24) is 9.55 Å². The molecule has 0 amide bonds. The highest BCUT2D eigenvalue weighted by Gasteiger charge is 2.32. The standard InChI is InChI=1S/C32H31FN2O4/c1-17-11-20(27-15-35(4)19(3)34-27)12-18(2)31(17)24-7-9-26(33)32-25(24)8-10-28(32)39-22-5-6-23-21(13-30(36)37)16-38-29(23)14-22/h5-7,9,11-12,14-15,21,28H,8,10,13,16H2,1-4H3,(H,36,37)/t21-,28-/m1/s1. The van der Waals surface area contributed by atoms with Gasteiger partial charge in [0.1, 0.15) is 29.2 Å². The lowest BCUT2D eigenvalue weighted by molar-refractivity contribution is -0.137. The Balaban J connectivity index is 1.31. The van der Waals surface area contributed by atoms with Gasteiger partial charge in [0.15, 0.2) is 0 Å². The average Bonchev–Trinajstić information content (AvgIpc) is 3.58. The van der Waals surface area contributed by atoms with Gasteiger partial charge in [0.2, 0.25) is 0 Å². The number of fused-ring (bicyclic) bond motifs is 2.